The molecule has 0 aliphatic carbocycles. The van der Waals surface area contributed by atoms with Gasteiger partial charge in [0.2, 0.25) is 10.9 Å². The molecule has 0 atom stereocenters. The summed E-state index contributed by atoms with van der Waals surface area (Å²) in [6.07, 6.45) is 0. The number of thiazole rings is 1. The van der Waals surface area contributed by atoms with Crippen LogP contribution in [0, 0.1) is 6.92 Å². The molecule has 1 N–H and O–H groups in total. The van der Waals surface area contributed by atoms with E-state index in [1.165, 1.54) is 28.7 Å². The van der Waals surface area contributed by atoms with Gasteiger partial charge in [-0.3, -0.25) is 9.20 Å². The van der Waals surface area contributed by atoms with Gasteiger partial charge in [0.05, 0.1) is 11.4 Å². The fourth-order valence-electron chi connectivity index (χ4n) is 2.58. The van der Waals surface area contributed by atoms with Gasteiger partial charge in [-0.25, -0.2) is 0 Å². The van der Waals surface area contributed by atoms with E-state index < -0.39 is 0 Å². The molecular formula is C19H15ClN4OS2. The van der Waals surface area contributed by atoms with Crippen molar-refractivity contribution in [3.8, 4) is 11.3 Å². The highest BCUT2D eigenvalue weighted by molar-refractivity contribution is 7.99. The number of nitrogens with zero attached hydrogens (tertiary/aromatic N) is 3. The second-order valence-corrected chi connectivity index (χ2v) is 8.15. The molecule has 0 unspecified atom stereocenters. The quantitative estimate of drug-likeness (QED) is 0.459. The van der Waals surface area contributed by atoms with E-state index in [2.05, 4.69) is 52.1 Å². The first-order valence-corrected chi connectivity index (χ1v) is 10.4. The fraction of sp³-hybridized carbons (Fsp3) is 0.105. The minimum Gasteiger partial charge on any atom is -0.325 e. The van der Waals surface area contributed by atoms with Crippen LogP contribution in [0.25, 0.3) is 16.2 Å². The molecule has 0 saturated heterocycles. The number of thioether (sulfide) groups is 1. The number of hydrogen-bond acceptors (Lipinski definition) is 5. The Kier molecular flexibility index (Phi) is 5.15. The number of hydrogen-bond donors (Lipinski definition) is 1. The fourth-order valence-corrected chi connectivity index (χ4v) is 4.34. The highest BCUT2D eigenvalue weighted by Gasteiger charge is 2.15. The van der Waals surface area contributed by atoms with Gasteiger partial charge in [-0.1, -0.05) is 53.2 Å². The van der Waals surface area contributed by atoms with Crippen molar-refractivity contribution in [2.24, 2.45) is 0 Å². The maximum atomic E-state index is 12.2. The molecule has 136 valence electrons. The van der Waals surface area contributed by atoms with Crippen LogP contribution < -0.4 is 5.32 Å². The SMILES string of the molecule is Cc1ccc(-c2csc3nnc(SCC(=O)Nc4ccc(Cl)cc4)n23)cc1. The Bertz CT molecular complexity index is 1090. The zero-order chi connectivity index (χ0) is 18.8. The predicted molar refractivity (Wildman–Crippen MR) is 112 cm³/mol. The summed E-state index contributed by atoms with van der Waals surface area (Å²) in [4.78, 5) is 13.1. The number of fused-ring (bicyclic) bond motifs is 1. The monoisotopic (exact) mass is 414 g/mol. The average molecular weight is 415 g/mol. The molecule has 2 aromatic carbocycles. The van der Waals surface area contributed by atoms with Crippen molar-refractivity contribution in [1.82, 2.24) is 14.6 Å². The lowest BCUT2D eigenvalue weighted by atomic mass is 10.1. The molecule has 8 heteroatoms. The number of aryl methyl sites for hydroxylation is 1. The molecule has 27 heavy (non-hydrogen) atoms. The summed E-state index contributed by atoms with van der Waals surface area (Å²) in [6, 6.07) is 15.3. The number of halogens is 1. The molecule has 0 aliphatic rings. The Balaban J connectivity index is 1.50. The first-order valence-electron chi connectivity index (χ1n) is 8.18. The van der Waals surface area contributed by atoms with E-state index in [0.717, 1.165) is 16.2 Å². The Hall–Kier alpha value is -2.35. The van der Waals surface area contributed by atoms with Crippen LogP contribution in [-0.2, 0) is 4.79 Å². The first-order chi connectivity index (χ1) is 13.1. The van der Waals surface area contributed by atoms with Crippen molar-refractivity contribution >= 4 is 51.3 Å². The van der Waals surface area contributed by atoms with Crippen LogP contribution in [0.3, 0.4) is 0 Å². The zero-order valence-corrected chi connectivity index (χ0v) is 16.7. The molecule has 0 bridgehead atoms. The van der Waals surface area contributed by atoms with Crippen LogP contribution in [0.1, 0.15) is 5.56 Å². The van der Waals surface area contributed by atoms with Crippen LogP contribution >= 0.6 is 34.7 Å². The number of rotatable bonds is 5. The number of carbonyl (C=O) groups excluding carboxylic acids is 1. The second kappa shape index (κ2) is 7.72. The number of benzene rings is 2. The largest absolute Gasteiger partial charge is 0.325 e. The van der Waals surface area contributed by atoms with E-state index in [-0.39, 0.29) is 11.7 Å². The summed E-state index contributed by atoms with van der Waals surface area (Å²) in [6.45, 7) is 2.06. The third-order valence-corrected chi connectivity index (χ3v) is 5.93. The Morgan fingerprint density at radius 1 is 1.15 bits per heavy atom. The summed E-state index contributed by atoms with van der Waals surface area (Å²) in [7, 11) is 0. The van der Waals surface area contributed by atoms with Gasteiger partial charge in [-0.2, -0.15) is 0 Å². The van der Waals surface area contributed by atoms with Gasteiger partial charge in [0.25, 0.3) is 0 Å². The minimum atomic E-state index is -0.105. The summed E-state index contributed by atoms with van der Waals surface area (Å²) >= 11 is 8.76. The maximum Gasteiger partial charge on any atom is 0.234 e. The lowest BCUT2D eigenvalue weighted by Gasteiger charge is -2.05. The van der Waals surface area contributed by atoms with Crippen LogP contribution in [0.2, 0.25) is 5.02 Å². The lowest BCUT2D eigenvalue weighted by molar-refractivity contribution is -0.113. The number of anilines is 1. The molecule has 5 nitrogen and oxygen atoms in total. The van der Waals surface area contributed by atoms with E-state index in [0.29, 0.717) is 15.9 Å². The molecule has 2 aromatic heterocycles. The van der Waals surface area contributed by atoms with Gasteiger partial charge in [0.1, 0.15) is 0 Å². The molecule has 0 radical (unpaired) electrons. The van der Waals surface area contributed by atoms with Gasteiger partial charge >= 0.3 is 0 Å². The van der Waals surface area contributed by atoms with Gasteiger partial charge in [0, 0.05) is 16.1 Å². The summed E-state index contributed by atoms with van der Waals surface area (Å²) < 4.78 is 2.00. The smallest absolute Gasteiger partial charge is 0.234 e. The number of carbonyl (C=O) groups is 1. The zero-order valence-electron chi connectivity index (χ0n) is 14.3. The first kappa shape index (κ1) is 18.0. The molecule has 0 saturated carbocycles. The topological polar surface area (TPSA) is 59.3 Å². The van der Waals surface area contributed by atoms with E-state index in [1.807, 2.05) is 4.40 Å². The number of aromatic nitrogens is 3. The number of amides is 1. The Morgan fingerprint density at radius 2 is 1.89 bits per heavy atom. The second-order valence-electron chi connectivity index (χ2n) is 5.93. The van der Waals surface area contributed by atoms with Crippen LogP contribution in [0.15, 0.2) is 59.1 Å². The van der Waals surface area contributed by atoms with Crippen molar-refractivity contribution in [2.45, 2.75) is 12.1 Å². The maximum absolute atomic E-state index is 12.2. The molecule has 1 amide bonds. The van der Waals surface area contributed by atoms with E-state index in [1.54, 1.807) is 24.3 Å². The average Bonchev–Trinajstić information content (AvgIpc) is 3.25. The van der Waals surface area contributed by atoms with Crippen molar-refractivity contribution in [2.75, 3.05) is 11.1 Å². The third-order valence-electron chi connectivity index (χ3n) is 3.93. The summed E-state index contributed by atoms with van der Waals surface area (Å²) in [5.41, 5.74) is 4.05. The van der Waals surface area contributed by atoms with Crippen molar-refractivity contribution in [3.05, 3.63) is 64.5 Å². The molecular weight excluding hydrogens is 400 g/mol. The van der Waals surface area contributed by atoms with Gasteiger partial charge in [-0.15, -0.1) is 21.5 Å². The predicted octanol–water partition coefficient (Wildman–Crippen LogP) is 5.15. The molecule has 0 aliphatic heterocycles. The van der Waals surface area contributed by atoms with Crippen molar-refractivity contribution in [3.63, 3.8) is 0 Å². The van der Waals surface area contributed by atoms with Gasteiger partial charge < -0.3 is 5.32 Å². The third kappa shape index (κ3) is 4.00. The van der Waals surface area contributed by atoms with Gasteiger partial charge in [-0.05, 0) is 36.8 Å². The van der Waals surface area contributed by atoms with E-state index in [4.69, 9.17) is 11.6 Å². The van der Waals surface area contributed by atoms with Crippen LogP contribution in [0.4, 0.5) is 5.69 Å². The summed E-state index contributed by atoms with van der Waals surface area (Å²) in [5.74, 6) is 0.137. The molecule has 0 spiro atoms. The van der Waals surface area contributed by atoms with Crippen LogP contribution in [0.5, 0.6) is 0 Å². The van der Waals surface area contributed by atoms with E-state index in [9.17, 15) is 4.79 Å². The number of nitrogens with one attached hydrogen (secondary N) is 1. The molecule has 4 aromatic rings. The standard InChI is InChI=1S/C19H15ClN4OS2/c1-12-2-4-13(5-3-12)16-10-26-18-22-23-19(24(16)18)27-11-17(25)21-15-8-6-14(20)7-9-15/h2-10H,11H2,1H3,(H,21,25). The highest BCUT2D eigenvalue weighted by atomic mass is 35.5. The molecule has 4 rings (SSSR count). The normalized spacial score (nSPS) is 11.0. The van der Waals surface area contributed by atoms with Gasteiger partial charge in [0.15, 0.2) is 5.16 Å². The molecule has 0 fully saturated rings. The Labute approximate surface area is 169 Å². The van der Waals surface area contributed by atoms with Crippen molar-refractivity contribution in [1.29, 1.82) is 0 Å². The Morgan fingerprint density at radius 3 is 2.63 bits per heavy atom. The highest BCUT2D eigenvalue weighted by Crippen LogP contribution is 2.30. The molecule has 2 heterocycles. The van der Waals surface area contributed by atoms with Crippen LogP contribution in [-0.4, -0.2) is 26.3 Å². The van der Waals surface area contributed by atoms with E-state index >= 15 is 0 Å². The van der Waals surface area contributed by atoms with Crippen molar-refractivity contribution < 1.29 is 4.79 Å². The summed E-state index contributed by atoms with van der Waals surface area (Å²) in [5, 5.41) is 14.7. The lowest BCUT2D eigenvalue weighted by Crippen LogP contribution is -2.14. The minimum absolute atomic E-state index is 0.105.